The molecule has 0 unspecified atom stereocenters. The van der Waals surface area contributed by atoms with Crippen molar-refractivity contribution in [3.8, 4) is 5.75 Å². The minimum atomic E-state index is -5.08. The predicted molar refractivity (Wildman–Crippen MR) is 72.1 cm³/mol. The summed E-state index contributed by atoms with van der Waals surface area (Å²) in [4.78, 5) is 0. The quantitative estimate of drug-likeness (QED) is 0.788. The van der Waals surface area contributed by atoms with Crippen LogP contribution in [0.5, 0.6) is 5.75 Å². The fraction of sp³-hybridized carbons (Fsp3) is 0.308. The van der Waals surface area contributed by atoms with Crippen LogP contribution < -0.4 is 10.2 Å². The van der Waals surface area contributed by atoms with E-state index in [2.05, 4.69) is 5.10 Å². The lowest BCUT2D eigenvalue weighted by Gasteiger charge is -2.19. The zero-order valence-electron chi connectivity index (χ0n) is 11.3. The monoisotopic (exact) mass is 283 g/mol. The fourth-order valence-corrected chi connectivity index (χ4v) is 1.78. The van der Waals surface area contributed by atoms with Crippen molar-refractivity contribution in [1.29, 1.82) is 0 Å². The van der Waals surface area contributed by atoms with Gasteiger partial charge in [-0.05, 0) is 26.0 Å². The molecule has 0 saturated heterocycles. The van der Waals surface area contributed by atoms with Gasteiger partial charge in [0, 0.05) is 12.2 Å². The van der Waals surface area contributed by atoms with Crippen molar-refractivity contribution in [2.45, 2.75) is 26.5 Å². The molecule has 0 spiro atoms. The van der Waals surface area contributed by atoms with Gasteiger partial charge in [-0.15, -0.1) is 0 Å². The number of hydrogen-bond donors (Lipinski definition) is 0. The van der Waals surface area contributed by atoms with Crippen LogP contribution in [-0.4, -0.2) is 16.8 Å². The number of rotatable bonds is 5. The Morgan fingerprint density at radius 3 is 2.50 bits per heavy atom. The number of hydrogen-bond acceptors (Lipinski definition) is 2. The number of nitrogens with zero attached hydrogens (tertiary/aromatic N) is 2. The third-order valence-corrected chi connectivity index (χ3v) is 2.84. The van der Waals surface area contributed by atoms with E-state index < -0.39 is 12.4 Å². The molecule has 0 N–H and O–H groups in total. The van der Waals surface area contributed by atoms with Gasteiger partial charge in [0.2, 0.25) is 0 Å². The van der Waals surface area contributed by atoms with Crippen molar-refractivity contribution in [2.75, 3.05) is 0 Å². The molecule has 0 saturated carbocycles. The molecule has 2 rings (SSSR count). The second kappa shape index (κ2) is 5.60. The summed E-state index contributed by atoms with van der Waals surface area (Å²) in [6.07, 6.45) is 1.78. The predicted octanol–water partition coefficient (Wildman–Crippen LogP) is 3.10. The highest BCUT2D eigenvalue weighted by Crippen LogP contribution is 2.18. The molecule has 0 aliphatic rings. The Balaban J connectivity index is 2.11. The molecule has 0 amide bonds. The van der Waals surface area contributed by atoms with E-state index in [9.17, 15) is 12.9 Å². The molecule has 0 fully saturated rings. The van der Waals surface area contributed by atoms with Crippen molar-refractivity contribution < 1.29 is 17.7 Å². The summed E-state index contributed by atoms with van der Waals surface area (Å²) in [6.45, 7) is -1.12. The highest BCUT2D eigenvalue weighted by molar-refractivity contribution is 6.74. The van der Waals surface area contributed by atoms with Crippen molar-refractivity contribution in [2.24, 2.45) is 0 Å². The average Bonchev–Trinajstić information content (AvgIpc) is 2.84. The van der Waals surface area contributed by atoms with E-state index in [4.69, 9.17) is 4.74 Å². The van der Waals surface area contributed by atoms with E-state index in [-0.39, 0.29) is 18.4 Å². The second-order valence-electron chi connectivity index (χ2n) is 4.78. The van der Waals surface area contributed by atoms with E-state index in [0.717, 1.165) is 6.07 Å². The van der Waals surface area contributed by atoms with Gasteiger partial charge in [-0.1, -0.05) is 23.7 Å². The zero-order chi connectivity index (χ0) is 14.8. The molecule has 1 aromatic carbocycles. The maximum absolute atomic E-state index is 12.8. The number of benzene rings is 1. The Morgan fingerprint density at radius 2 is 1.90 bits per heavy atom. The minimum absolute atomic E-state index is 0.0168. The van der Waals surface area contributed by atoms with Gasteiger partial charge in [0.15, 0.2) is 0 Å². The molecule has 2 aromatic rings. The molecule has 7 heteroatoms. The maximum Gasteiger partial charge on any atom is 0.513 e. The Kier molecular flexibility index (Phi) is 4.06. The smallest absolute Gasteiger partial charge is 0.490 e. The molecule has 20 heavy (non-hydrogen) atoms. The van der Waals surface area contributed by atoms with Gasteiger partial charge in [0.25, 0.3) is 0 Å². The van der Waals surface area contributed by atoms with Gasteiger partial charge in [0.05, 0.1) is 11.4 Å². The maximum atomic E-state index is 12.8. The molecule has 0 atom stereocenters. The number of ether oxygens (including phenoxy) is 1. The molecule has 0 bridgehead atoms. The van der Waals surface area contributed by atoms with Gasteiger partial charge in [0.1, 0.15) is 6.61 Å². The largest absolute Gasteiger partial charge is 0.513 e. The van der Waals surface area contributed by atoms with Crippen LogP contribution in [0.15, 0.2) is 36.5 Å². The molecular weight excluding hydrogens is 268 g/mol. The van der Waals surface area contributed by atoms with Crippen LogP contribution in [0.1, 0.15) is 25.6 Å². The Morgan fingerprint density at radius 1 is 1.20 bits per heavy atom. The summed E-state index contributed by atoms with van der Waals surface area (Å²) in [7, 11) is 0. The normalized spacial score (nSPS) is 11.9. The van der Waals surface area contributed by atoms with E-state index >= 15 is 0 Å². The third-order valence-electron chi connectivity index (χ3n) is 2.84. The average molecular weight is 283 g/mol. The standard InChI is InChI=1S/C13H15BF3N2O/c1-10(2)19-8-7-11(18-19)9-20-13-6-4-3-5-12(13)14(15,16)17/h3-8,10H,9H2,1-2H3/q-1. The number of halogens is 3. The first kappa shape index (κ1) is 14.5. The number of para-hydroxylation sites is 1. The summed E-state index contributed by atoms with van der Waals surface area (Å²) in [6, 6.07) is 7.17. The molecule has 0 radical (unpaired) electrons. The lowest BCUT2D eigenvalue weighted by Crippen LogP contribution is -2.35. The molecule has 108 valence electrons. The molecule has 3 nitrogen and oxygen atoms in total. The van der Waals surface area contributed by atoms with Crippen LogP contribution in [0.4, 0.5) is 12.9 Å². The number of aromatic nitrogens is 2. The molecule has 0 aliphatic heterocycles. The summed E-state index contributed by atoms with van der Waals surface area (Å²) in [5, 5.41) is 4.23. The van der Waals surface area contributed by atoms with E-state index in [1.54, 1.807) is 16.9 Å². The highest BCUT2D eigenvalue weighted by Gasteiger charge is 2.28. The second-order valence-corrected chi connectivity index (χ2v) is 4.78. The van der Waals surface area contributed by atoms with Crippen molar-refractivity contribution >= 4 is 12.4 Å². The van der Waals surface area contributed by atoms with E-state index in [0.29, 0.717) is 5.69 Å². The lowest BCUT2D eigenvalue weighted by atomic mass is 9.79. The first-order valence-electron chi connectivity index (χ1n) is 6.33. The SMILES string of the molecule is CC(C)n1ccc(COc2ccccc2[B-](F)(F)F)n1. The summed E-state index contributed by atoms with van der Waals surface area (Å²) < 4.78 is 45.5. The third kappa shape index (κ3) is 3.34. The zero-order valence-corrected chi connectivity index (χ0v) is 11.3. The van der Waals surface area contributed by atoms with Crippen LogP contribution in [0.25, 0.3) is 0 Å². The van der Waals surface area contributed by atoms with Crippen LogP contribution >= 0.6 is 0 Å². The summed E-state index contributed by atoms with van der Waals surface area (Å²) >= 11 is 0. The Bertz CT molecular complexity index is 581. The lowest BCUT2D eigenvalue weighted by molar-refractivity contribution is 0.299. The first-order chi connectivity index (χ1) is 9.38. The fourth-order valence-electron chi connectivity index (χ4n) is 1.78. The van der Waals surface area contributed by atoms with Crippen molar-refractivity contribution in [1.82, 2.24) is 9.78 Å². The van der Waals surface area contributed by atoms with Crippen molar-refractivity contribution in [3.05, 3.63) is 42.2 Å². The van der Waals surface area contributed by atoms with Crippen LogP contribution in [0.3, 0.4) is 0 Å². The highest BCUT2D eigenvalue weighted by atomic mass is 19.4. The minimum Gasteiger partial charge on any atom is -0.490 e. The molecule has 0 aliphatic carbocycles. The molecular formula is C13H15BF3N2O-. The van der Waals surface area contributed by atoms with E-state index in [1.165, 1.54) is 18.2 Å². The van der Waals surface area contributed by atoms with E-state index in [1.807, 2.05) is 13.8 Å². The van der Waals surface area contributed by atoms with Crippen molar-refractivity contribution in [3.63, 3.8) is 0 Å². The Labute approximate surface area is 115 Å². The summed E-state index contributed by atoms with van der Waals surface area (Å²) in [5.74, 6) is -0.154. The van der Waals surface area contributed by atoms with Gasteiger partial charge >= 0.3 is 6.98 Å². The molecule has 1 heterocycles. The van der Waals surface area contributed by atoms with Gasteiger partial charge < -0.3 is 17.7 Å². The first-order valence-corrected chi connectivity index (χ1v) is 6.33. The molecule has 1 aromatic heterocycles. The van der Waals surface area contributed by atoms with Gasteiger partial charge in [-0.3, -0.25) is 4.68 Å². The summed E-state index contributed by atoms with van der Waals surface area (Å²) in [5.41, 5.74) is -0.112. The van der Waals surface area contributed by atoms with Gasteiger partial charge in [-0.25, -0.2) is 0 Å². The van der Waals surface area contributed by atoms with Gasteiger partial charge in [-0.2, -0.15) is 5.10 Å². The van der Waals surface area contributed by atoms with Crippen LogP contribution in [-0.2, 0) is 6.61 Å². The topological polar surface area (TPSA) is 27.1 Å². The van der Waals surface area contributed by atoms with Crippen LogP contribution in [0, 0.1) is 0 Å². The van der Waals surface area contributed by atoms with Crippen LogP contribution in [0.2, 0.25) is 0 Å². The Hall–Kier alpha value is -1.92.